The predicted molar refractivity (Wildman–Crippen MR) is 84.5 cm³/mol. The van der Waals surface area contributed by atoms with Crippen LogP contribution in [-0.2, 0) is 0 Å². The lowest BCUT2D eigenvalue weighted by atomic mass is 9.98. The average Bonchev–Trinajstić information content (AvgIpc) is 2.62. The zero-order chi connectivity index (χ0) is 15.4. The summed E-state index contributed by atoms with van der Waals surface area (Å²) >= 11 is 0. The van der Waals surface area contributed by atoms with Crippen LogP contribution in [0.15, 0.2) is 66.9 Å². The summed E-state index contributed by atoms with van der Waals surface area (Å²) in [6, 6.07) is 23.0. The maximum Gasteiger partial charge on any atom is 0.0992 e. The standard InChI is InChI=1S/C19H11N3/c20-12-14-8-15(13-21)10-18(9-14)16-4-3-5-17(11-16)19-6-1-2-7-22-19/h1-11H. The topological polar surface area (TPSA) is 60.5 Å². The second-order valence-corrected chi connectivity index (χ2v) is 4.82. The monoisotopic (exact) mass is 281 g/mol. The van der Waals surface area contributed by atoms with Crippen LogP contribution in [0.5, 0.6) is 0 Å². The van der Waals surface area contributed by atoms with Crippen LogP contribution in [-0.4, -0.2) is 4.98 Å². The second kappa shape index (κ2) is 5.91. The van der Waals surface area contributed by atoms with Gasteiger partial charge in [-0.15, -0.1) is 0 Å². The van der Waals surface area contributed by atoms with Crippen LogP contribution in [0.1, 0.15) is 11.1 Å². The van der Waals surface area contributed by atoms with Crippen molar-refractivity contribution in [2.45, 2.75) is 0 Å². The molecule has 0 fully saturated rings. The van der Waals surface area contributed by atoms with Crippen molar-refractivity contribution in [2.75, 3.05) is 0 Å². The van der Waals surface area contributed by atoms with E-state index in [0.29, 0.717) is 11.1 Å². The summed E-state index contributed by atoms with van der Waals surface area (Å²) in [6.45, 7) is 0. The van der Waals surface area contributed by atoms with E-state index in [9.17, 15) is 0 Å². The Hall–Kier alpha value is -3.43. The molecular weight excluding hydrogens is 270 g/mol. The highest BCUT2D eigenvalue weighted by atomic mass is 14.7. The maximum absolute atomic E-state index is 9.09. The van der Waals surface area contributed by atoms with Gasteiger partial charge in [0.15, 0.2) is 0 Å². The molecule has 102 valence electrons. The van der Waals surface area contributed by atoms with Crippen LogP contribution in [0.25, 0.3) is 22.4 Å². The molecule has 3 aromatic rings. The van der Waals surface area contributed by atoms with Gasteiger partial charge in [-0.1, -0.05) is 24.3 Å². The molecule has 2 aromatic carbocycles. The number of hydrogen-bond donors (Lipinski definition) is 0. The molecule has 3 nitrogen and oxygen atoms in total. The van der Waals surface area contributed by atoms with Gasteiger partial charge in [0.25, 0.3) is 0 Å². The first-order valence-corrected chi connectivity index (χ1v) is 6.77. The molecule has 0 aliphatic carbocycles. The molecule has 0 N–H and O–H groups in total. The summed E-state index contributed by atoms with van der Waals surface area (Å²) in [5, 5.41) is 18.2. The van der Waals surface area contributed by atoms with E-state index in [-0.39, 0.29) is 0 Å². The molecule has 3 heteroatoms. The highest BCUT2D eigenvalue weighted by molar-refractivity contribution is 5.73. The Bertz CT molecular complexity index is 868. The van der Waals surface area contributed by atoms with Crippen molar-refractivity contribution in [1.82, 2.24) is 4.98 Å². The minimum Gasteiger partial charge on any atom is -0.256 e. The van der Waals surface area contributed by atoms with Gasteiger partial charge in [-0.2, -0.15) is 10.5 Å². The number of pyridine rings is 1. The van der Waals surface area contributed by atoms with E-state index in [1.165, 1.54) is 0 Å². The van der Waals surface area contributed by atoms with Crippen LogP contribution in [0.3, 0.4) is 0 Å². The Labute approximate surface area is 128 Å². The van der Waals surface area contributed by atoms with Crippen molar-refractivity contribution >= 4 is 0 Å². The fourth-order valence-corrected chi connectivity index (χ4v) is 2.31. The van der Waals surface area contributed by atoms with Crippen molar-refractivity contribution in [3.05, 3.63) is 78.0 Å². The van der Waals surface area contributed by atoms with Gasteiger partial charge < -0.3 is 0 Å². The lowest BCUT2D eigenvalue weighted by molar-refractivity contribution is 1.33. The van der Waals surface area contributed by atoms with Crippen molar-refractivity contribution in [3.8, 4) is 34.5 Å². The van der Waals surface area contributed by atoms with E-state index < -0.39 is 0 Å². The Balaban J connectivity index is 2.11. The summed E-state index contributed by atoms with van der Waals surface area (Å²) in [5.74, 6) is 0. The number of nitrogens with zero attached hydrogens (tertiary/aromatic N) is 3. The predicted octanol–water partition coefficient (Wildman–Crippen LogP) is 4.16. The van der Waals surface area contributed by atoms with Gasteiger partial charge in [0.05, 0.1) is 29.0 Å². The normalized spacial score (nSPS) is 9.73. The Morgan fingerprint density at radius 3 is 2.05 bits per heavy atom. The molecule has 0 spiro atoms. The van der Waals surface area contributed by atoms with Gasteiger partial charge in [0.2, 0.25) is 0 Å². The molecule has 0 bridgehead atoms. The number of hydrogen-bond acceptors (Lipinski definition) is 3. The first-order valence-electron chi connectivity index (χ1n) is 6.77. The lowest BCUT2D eigenvalue weighted by Gasteiger charge is -2.06. The van der Waals surface area contributed by atoms with Crippen LogP contribution in [0.4, 0.5) is 0 Å². The molecule has 0 unspecified atom stereocenters. The summed E-state index contributed by atoms with van der Waals surface area (Å²) in [7, 11) is 0. The van der Waals surface area contributed by atoms with Crippen LogP contribution >= 0.6 is 0 Å². The van der Waals surface area contributed by atoms with Gasteiger partial charge in [-0.25, -0.2) is 0 Å². The molecule has 3 rings (SSSR count). The van der Waals surface area contributed by atoms with Crippen molar-refractivity contribution in [3.63, 3.8) is 0 Å². The Kier molecular flexibility index (Phi) is 3.64. The molecule has 0 saturated heterocycles. The quantitative estimate of drug-likeness (QED) is 0.708. The van der Waals surface area contributed by atoms with E-state index in [4.69, 9.17) is 10.5 Å². The third-order valence-corrected chi connectivity index (χ3v) is 3.35. The zero-order valence-electron chi connectivity index (χ0n) is 11.7. The molecule has 0 aliphatic rings. The summed E-state index contributed by atoms with van der Waals surface area (Å²) < 4.78 is 0. The molecule has 0 atom stereocenters. The number of aromatic nitrogens is 1. The first-order chi connectivity index (χ1) is 10.8. The highest BCUT2D eigenvalue weighted by Crippen LogP contribution is 2.26. The maximum atomic E-state index is 9.09. The summed E-state index contributed by atoms with van der Waals surface area (Å²) in [5.41, 5.74) is 4.67. The van der Waals surface area contributed by atoms with E-state index >= 15 is 0 Å². The van der Waals surface area contributed by atoms with Gasteiger partial charge in [-0.05, 0) is 47.5 Å². The average molecular weight is 281 g/mol. The third kappa shape index (κ3) is 2.70. The van der Waals surface area contributed by atoms with Crippen molar-refractivity contribution < 1.29 is 0 Å². The lowest BCUT2D eigenvalue weighted by Crippen LogP contribution is -1.86. The SMILES string of the molecule is N#Cc1cc(C#N)cc(-c2cccc(-c3ccccn3)c2)c1. The third-order valence-electron chi connectivity index (χ3n) is 3.35. The molecule has 22 heavy (non-hydrogen) atoms. The summed E-state index contributed by atoms with van der Waals surface area (Å²) in [6.07, 6.45) is 1.76. The fourth-order valence-electron chi connectivity index (χ4n) is 2.31. The number of rotatable bonds is 2. The van der Waals surface area contributed by atoms with Gasteiger partial charge in [0.1, 0.15) is 0 Å². The van der Waals surface area contributed by atoms with E-state index in [1.807, 2.05) is 42.5 Å². The zero-order valence-corrected chi connectivity index (χ0v) is 11.7. The smallest absolute Gasteiger partial charge is 0.0992 e. The molecule has 1 heterocycles. The van der Waals surface area contributed by atoms with Gasteiger partial charge in [0, 0.05) is 11.8 Å². The minimum atomic E-state index is 0.484. The molecule has 0 amide bonds. The second-order valence-electron chi connectivity index (χ2n) is 4.82. The Morgan fingerprint density at radius 1 is 0.682 bits per heavy atom. The van der Waals surface area contributed by atoms with Crippen LogP contribution in [0.2, 0.25) is 0 Å². The molecule has 0 radical (unpaired) electrons. The molecule has 0 saturated carbocycles. The van der Waals surface area contributed by atoms with Crippen LogP contribution in [0, 0.1) is 22.7 Å². The molecular formula is C19H11N3. The number of nitriles is 2. The van der Waals surface area contributed by atoms with E-state index in [2.05, 4.69) is 17.1 Å². The van der Waals surface area contributed by atoms with Crippen molar-refractivity contribution in [2.24, 2.45) is 0 Å². The summed E-state index contributed by atoms with van der Waals surface area (Å²) in [4.78, 5) is 4.35. The Morgan fingerprint density at radius 2 is 1.41 bits per heavy atom. The fraction of sp³-hybridized carbons (Fsp3) is 0. The largest absolute Gasteiger partial charge is 0.256 e. The van der Waals surface area contributed by atoms with Crippen LogP contribution < -0.4 is 0 Å². The van der Waals surface area contributed by atoms with Crippen molar-refractivity contribution in [1.29, 1.82) is 10.5 Å². The minimum absolute atomic E-state index is 0.484. The molecule has 1 aromatic heterocycles. The highest BCUT2D eigenvalue weighted by Gasteiger charge is 2.05. The van der Waals surface area contributed by atoms with E-state index in [0.717, 1.165) is 22.4 Å². The van der Waals surface area contributed by atoms with E-state index in [1.54, 1.807) is 24.4 Å². The first kappa shape index (κ1) is 13.5. The van der Waals surface area contributed by atoms with Gasteiger partial charge in [-0.3, -0.25) is 4.98 Å². The number of benzene rings is 2. The van der Waals surface area contributed by atoms with Gasteiger partial charge >= 0.3 is 0 Å². The molecule has 0 aliphatic heterocycles.